The average molecular weight is 209 g/mol. The monoisotopic (exact) mass is 208 g/mol. The van der Waals surface area contributed by atoms with E-state index in [0.29, 0.717) is 5.02 Å². The lowest BCUT2D eigenvalue weighted by Crippen LogP contribution is -2.15. The van der Waals surface area contributed by atoms with Gasteiger partial charge in [-0.2, -0.15) is 0 Å². The molecule has 72 valence electrons. The number of hydrogen-bond donors (Lipinski definition) is 1. The van der Waals surface area contributed by atoms with Crippen molar-refractivity contribution in [2.45, 2.75) is 6.92 Å². The molecule has 0 spiro atoms. The first kappa shape index (κ1) is 9.09. The molecule has 0 bridgehead atoms. The maximum atomic E-state index is 11.4. The lowest BCUT2D eigenvalue weighted by atomic mass is 10.3. The highest BCUT2D eigenvalue weighted by Gasteiger charge is 2.03. The number of imidazole rings is 1. The summed E-state index contributed by atoms with van der Waals surface area (Å²) >= 11 is 5.76. The van der Waals surface area contributed by atoms with E-state index in [-0.39, 0.29) is 5.69 Å². The smallest absolute Gasteiger partial charge is 0.312 e. The highest BCUT2D eigenvalue weighted by molar-refractivity contribution is 6.30. The number of aromatic nitrogens is 2. The van der Waals surface area contributed by atoms with Crippen molar-refractivity contribution in [2.24, 2.45) is 0 Å². The zero-order chi connectivity index (χ0) is 10.1. The van der Waals surface area contributed by atoms with Gasteiger partial charge in [-0.25, -0.2) is 4.79 Å². The van der Waals surface area contributed by atoms with Crippen molar-refractivity contribution in [1.82, 2.24) is 9.55 Å². The van der Waals surface area contributed by atoms with E-state index in [9.17, 15) is 4.79 Å². The molecule has 0 aliphatic rings. The Kier molecular flexibility index (Phi) is 2.17. The highest BCUT2D eigenvalue weighted by atomic mass is 35.5. The number of rotatable bonds is 1. The average Bonchev–Trinajstić information content (AvgIpc) is 2.49. The molecule has 1 N–H and O–H groups in total. The van der Waals surface area contributed by atoms with Gasteiger partial charge in [-0.15, -0.1) is 0 Å². The van der Waals surface area contributed by atoms with Crippen LogP contribution in [0.3, 0.4) is 0 Å². The van der Waals surface area contributed by atoms with E-state index < -0.39 is 0 Å². The van der Waals surface area contributed by atoms with Crippen molar-refractivity contribution in [2.75, 3.05) is 0 Å². The van der Waals surface area contributed by atoms with E-state index in [0.717, 1.165) is 11.4 Å². The lowest BCUT2D eigenvalue weighted by molar-refractivity contribution is 0.949. The Bertz CT molecular complexity index is 496. The summed E-state index contributed by atoms with van der Waals surface area (Å²) in [5.41, 5.74) is 1.56. The number of benzene rings is 1. The van der Waals surface area contributed by atoms with Crippen molar-refractivity contribution >= 4 is 11.6 Å². The summed E-state index contributed by atoms with van der Waals surface area (Å²) in [6.45, 7) is 1.87. The molecule has 1 aromatic carbocycles. The first-order valence-electron chi connectivity index (χ1n) is 4.21. The summed E-state index contributed by atoms with van der Waals surface area (Å²) in [4.78, 5) is 14.0. The van der Waals surface area contributed by atoms with Crippen molar-refractivity contribution in [3.63, 3.8) is 0 Å². The number of H-pyrrole nitrogens is 1. The molecule has 0 radical (unpaired) electrons. The molecule has 1 heterocycles. The minimum atomic E-state index is -0.134. The van der Waals surface area contributed by atoms with Gasteiger partial charge >= 0.3 is 5.69 Å². The van der Waals surface area contributed by atoms with Gasteiger partial charge in [-0.3, -0.25) is 4.57 Å². The third-order valence-electron chi connectivity index (χ3n) is 2.05. The lowest BCUT2D eigenvalue weighted by Gasteiger charge is -2.02. The molecule has 0 aliphatic heterocycles. The molecule has 14 heavy (non-hydrogen) atoms. The van der Waals surface area contributed by atoms with Gasteiger partial charge in [0.2, 0.25) is 0 Å². The van der Waals surface area contributed by atoms with Gasteiger partial charge in [0, 0.05) is 16.9 Å². The van der Waals surface area contributed by atoms with Crippen molar-refractivity contribution in [3.8, 4) is 5.69 Å². The second-order valence-electron chi connectivity index (χ2n) is 3.05. The van der Waals surface area contributed by atoms with Crippen LogP contribution in [-0.2, 0) is 0 Å². The third kappa shape index (κ3) is 1.46. The molecule has 0 aliphatic carbocycles. The molecule has 2 aromatic rings. The van der Waals surface area contributed by atoms with Crippen molar-refractivity contribution in [1.29, 1.82) is 0 Å². The summed E-state index contributed by atoms with van der Waals surface area (Å²) in [6, 6.07) is 7.14. The van der Waals surface area contributed by atoms with Crippen LogP contribution in [0.15, 0.2) is 35.3 Å². The summed E-state index contributed by atoms with van der Waals surface area (Å²) < 4.78 is 1.59. The minimum Gasteiger partial charge on any atom is -0.312 e. The SMILES string of the molecule is Cc1c[nH]c(=O)n1-c1ccc(Cl)cc1. The number of nitrogens with one attached hydrogen (secondary N) is 1. The molecule has 0 saturated heterocycles. The van der Waals surface area contributed by atoms with E-state index in [2.05, 4.69) is 4.98 Å². The van der Waals surface area contributed by atoms with Crippen LogP contribution in [-0.4, -0.2) is 9.55 Å². The van der Waals surface area contributed by atoms with Crippen molar-refractivity contribution < 1.29 is 0 Å². The van der Waals surface area contributed by atoms with E-state index in [1.807, 2.05) is 19.1 Å². The summed E-state index contributed by atoms with van der Waals surface area (Å²) in [6.07, 6.45) is 1.68. The van der Waals surface area contributed by atoms with Crippen LogP contribution in [0.5, 0.6) is 0 Å². The Labute approximate surface area is 86.0 Å². The number of nitrogens with zero attached hydrogens (tertiary/aromatic N) is 1. The quantitative estimate of drug-likeness (QED) is 0.766. The molecule has 0 unspecified atom stereocenters. The molecule has 4 heteroatoms. The predicted molar refractivity (Wildman–Crippen MR) is 56.1 cm³/mol. The second kappa shape index (κ2) is 3.35. The Morgan fingerprint density at radius 1 is 1.29 bits per heavy atom. The summed E-state index contributed by atoms with van der Waals surface area (Å²) in [7, 11) is 0. The first-order chi connectivity index (χ1) is 6.68. The normalized spacial score (nSPS) is 10.4. The zero-order valence-electron chi connectivity index (χ0n) is 7.62. The molecule has 0 atom stereocenters. The molecule has 0 amide bonds. The molecule has 1 aromatic heterocycles. The Hall–Kier alpha value is -1.48. The van der Waals surface area contributed by atoms with E-state index in [1.54, 1.807) is 22.9 Å². The third-order valence-corrected chi connectivity index (χ3v) is 2.30. The van der Waals surface area contributed by atoms with E-state index in [4.69, 9.17) is 11.6 Å². The summed E-state index contributed by atoms with van der Waals surface area (Å²) in [5.74, 6) is 0. The van der Waals surface area contributed by atoms with Gasteiger partial charge < -0.3 is 4.98 Å². The van der Waals surface area contributed by atoms with Crippen LogP contribution in [0.25, 0.3) is 5.69 Å². The van der Waals surface area contributed by atoms with Crippen LogP contribution in [0, 0.1) is 6.92 Å². The van der Waals surface area contributed by atoms with Crippen LogP contribution >= 0.6 is 11.6 Å². The maximum absolute atomic E-state index is 11.4. The second-order valence-corrected chi connectivity index (χ2v) is 3.48. The van der Waals surface area contributed by atoms with Crippen LogP contribution < -0.4 is 5.69 Å². The Balaban J connectivity index is 2.60. The number of halogens is 1. The van der Waals surface area contributed by atoms with Gasteiger partial charge in [-0.1, -0.05) is 11.6 Å². The van der Waals surface area contributed by atoms with Gasteiger partial charge in [0.1, 0.15) is 0 Å². The summed E-state index contributed by atoms with van der Waals surface area (Å²) in [5, 5.41) is 0.662. The maximum Gasteiger partial charge on any atom is 0.330 e. The van der Waals surface area contributed by atoms with Gasteiger partial charge in [0.05, 0.1) is 5.69 Å². The fourth-order valence-corrected chi connectivity index (χ4v) is 1.49. The Morgan fingerprint density at radius 2 is 1.93 bits per heavy atom. The molecule has 2 rings (SSSR count). The number of aryl methyl sites for hydroxylation is 1. The molecule has 3 nitrogen and oxygen atoms in total. The topological polar surface area (TPSA) is 37.8 Å². The van der Waals surface area contributed by atoms with Gasteiger partial charge in [0.15, 0.2) is 0 Å². The van der Waals surface area contributed by atoms with E-state index >= 15 is 0 Å². The standard InChI is InChI=1S/C10H9ClN2O/c1-7-6-12-10(14)13(7)9-4-2-8(11)3-5-9/h2-6H,1H3,(H,12,14). The number of hydrogen-bond acceptors (Lipinski definition) is 1. The van der Waals surface area contributed by atoms with Gasteiger partial charge in [-0.05, 0) is 31.2 Å². The molecular formula is C10H9ClN2O. The van der Waals surface area contributed by atoms with Crippen molar-refractivity contribution in [3.05, 3.63) is 51.7 Å². The zero-order valence-corrected chi connectivity index (χ0v) is 8.38. The fourth-order valence-electron chi connectivity index (χ4n) is 1.37. The highest BCUT2D eigenvalue weighted by Crippen LogP contribution is 2.12. The van der Waals surface area contributed by atoms with Crippen LogP contribution in [0.1, 0.15) is 5.69 Å². The molecule has 0 saturated carbocycles. The Morgan fingerprint density at radius 3 is 2.43 bits per heavy atom. The molecule has 0 fully saturated rings. The van der Waals surface area contributed by atoms with Crippen LogP contribution in [0.4, 0.5) is 0 Å². The number of aromatic amines is 1. The van der Waals surface area contributed by atoms with Crippen LogP contribution in [0.2, 0.25) is 5.02 Å². The minimum absolute atomic E-state index is 0.134. The van der Waals surface area contributed by atoms with E-state index in [1.165, 1.54) is 0 Å². The first-order valence-corrected chi connectivity index (χ1v) is 4.59. The predicted octanol–water partition coefficient (Wildman–Crippen LogP) is 2.13. The van der Waals surface area contributed by atoms with Gasteiger partial charge in [0.25, 0.3) is 0 Å². The molecular weight excluding hydrogens is 200 g/mol. The largest absolute Gasteiger partial charge is 0.330 e. The fraction of sp³-hybridized carbons (Fsp3) is 0.100.